The van der Waals surface area contributed by atoms with Crippen molar-refractivity contribution in [3.8, 4) is 5.75 Å². The number of hydrogen-bond acceptors (Lipinski definition) is 3. The maximum absolute atomic E-state index is 12.2. The van der Waals surface area contributed by atoms with Crippen molar-refractivity contribution in [1.29, 1.82) is 0 Å². The van der Waals surface area contributed by atoms with Crippen molar-refractivity contribution >= 4 is 21.8 Å². The molecule has 144 valence electrons. The molecule has 0 saturated carbocycles. The van der Waals surface area contributed by atoms with E-state index in [1.807, 2.05) is 30.3 Å². The molecule has 27 heavy (non-hydrogen) atoms. The summed E-state index contributed by atoms with van der Waals surface area (Å²) >= 11 is 3.46. The number of likely N-dealkylation sites (tertiary alicyclic amines) is 1. The van der Waals surface area contributed by atoms with E-state index in [1.165, 1.54) is 37.1 Å². The molecule has 0 atom stereocenters. The minimum Gasteiger partial charge on any atom is -0.492 e. The normalized spacial score (nSPS) is 14.3. The molecule has 0 radical (unpaired) electrons. The summed E-state index contributed by atoms with van der Waals surface area (Å²) in [5.74, 6) is 0.885. The van der Waals surface area contributed by atoms with Crippen LogP contribution in [-0.2, 0) is 17.9 Å². The van der Waals surface area contributed by atoms with E-state index in [2.05, 4.69) is 44.3 Å². The first kappa shape index (κ1) is 19.9. The zero-order valence-electron chi connectivity index (χ0n) is 15.6. The van der Waals surface area contributed by atoms with E-state index in [0.29, 0.717) is 26.0 Å². The van der Waals surface area contributed by atoms with Crippen molar-refractivity contribution in [1.82, 2.24) is 10.2 Å². The smallest absolute Gasteiger partial charge is 0.220 e. The van der Waals surface area contributed by atoms with E-state index in [9.17, 15) is 4.79 Å². The number of rotatable bonds is 9. The lowest BCUT2D eigenvalue weighted by Crippen LogP contribution is -2.25. The monoisotopic (exact) mass is 430 g/mol. The standard InChI is InChI=1S/C22H27BrN2O2/c23-20-10-3-4-11-21(20)27-15-7-12-22(26)24-16-18-8-1-2-9-19(18)17-25-13-5-6-14-25/h1-4,8-11H,5-7,12-17H2,(H,24,26). The van der Waals surface area contributed by atoms with Gasteiger partial charge >= 0.3 is 0 Å². The van der Waals surface area contributed by atoms with Crippen LogP contribution in [0.2, 0.25) is 0 Å². The third-order valence-corrected chi connectivity index (χ3v) is 5.48. The lowest BCUT2D eigenvalue weighted by Gasteiger charge is -2.17. The minimum atomic E-state index is 0.0710. The zero-order chi connectivity index (χ0) is 18.9. The van der Waals surface area contributed by atoms with Gasteiger partial charge in [0, 0.05) is 19.5 Å². The summed E-state index contributed by atoms with van der Waals surface area (Å²) in [4.78, 5) is 14.6. The first-order valence-electron chi connectivity index (χ1n) is 9.65. The molecule has 1 amide bonds. The van der Waals surface area contributed by atoms with Crippen LogP contribution >= 0.6 is 15.9 Å². The Labute approximate surface area is 170 Å². The minimum absolute atomic E-state index is 0.0710. The van der Waals surface area contributed by atoms with Gasteiger partial charge in [-0.3, -0.25) is 9.69 Å². The van der Waals surface area contributed by atoms with E-state index in [1.54, 1.807) is 0 Å². The van der Waals surface area contributed by atoms with Gasteiger partial charge in [0.2, 0.25) is 5.91 Å². The second-order valence-corrected chi connectivity index (χ2v) is 7.77. The van der Waals surface area contributed by atoms with Gasteiger partial charge in [-0.25, -0.2) is 0 Å². The van der Waals surface area contributed by atoms with Crippen LogP contribution in [-0.4, -0.2) is 30.5 Å². The van der Waals surface area contributed by atoms with Crippen LogP contribution in [0.4, 0.5) is 0 Å². The Kier molecular flexibility index (Phi) is 7.72. The van der Waals surface area contributed by atoms with E-state index >= 15 is 0 Å². The highest BCUT2D eigenvalue weighted by molar-refractivity contribution is 9.10. The summed E-state index contributed by atoms with van der Waals surface area (Å²) in [6, 6.07) is 16.2. The van der Waals surface area contributed by atoms with Crippen molar-refractivity contribution in [2.45, 2.75) is 38.8 Å². The zero-order valence-corrected chi connectivity index (χ0v) is 17.2. The van der Waals surface area contributed by atoms with E-state index < -0.39 is 0 Å². The van der Waals surface area contributed by atoms with E-state index in [0.717, 1.165) is 16.8 Å². The van der Waals surface area contributed by atoms with Gasteiger partial charge in [0.25, 0.3) is 0 Å². The summed E-state index contributed by atoms with van der Waals surface area (Å²) < 4.78 is 6.65. The summed E-state index contributed by atoms with van der Waals surface area (Å²) in [5, 5.41) is 3.05. The van der Waals surface area contributed by atoms with Crippen molar-refractivity contribution in [3.05, 3.63) is 64.1 Å². The number of benzene rings is 2. The van der Waals surface area contributed by atoms with E-state index in [4.69, 9.17) is 4.74 Å². The number of amides is 1. The summed E-state index contributed by atoms with van der Waals surface area (Å²) in [7, 11) is 0. The molecule has 4 nitrogen and oxygen atoms in total. The molecule has 3 rings (SSSR count). The molecule has 1 N–H and O–H groups in total. The average molecular weight is 431 g/mol. The lowest BCUT2D eigenvalue weighted by molar-refractivity contribution is -0.121. The Balaban J connectivity index is 1.39. The van der Waals surface area contributed by atoms with Crippen molar-refractivity contribution in [2.24, 2.45) is 0 Å². The topological polar surface area (TPSA) is 41.6 Å². The molecular weight excluding hydrogens is 404 g/mol. The lowest BCUT2D eigenvalue weighted by atomic mass is 10.1. The molecule has 1 fully saturated rings. The Bertz CT molecular complexity index is 745. The number of ether oxygens (including phenoxy) is 1. The molecule has 1 aliphatic heterocycles. The summed E-state index contributed by atoms with van der Waals surface area (Å²) in [6.45, 7) is 4.46. The molecule has 0 unspecified atom stereocenters. The fraction of sp³-hybridized carbons (Fsp3) is 0.409. The molecule has 1 heterocycles. The molecule has 1 saturated heterocycles. The van der Waals surface area contributed by atoms with Gasteiger partial charge < -0.3 is 10.1 Å². The number of nitrogens with zero attached hydrogens (tertiary/aromatic N) is 1. The third kappa shape index (κ3) is 6.36. The number of carbonyl (C=O) groups is 1. The predicted molar refractivity (Wildman–Crippen MR) is 112 cm³/mol. The summed E-state index contributed by atoms with van der Waals surface area (Å²) in [6.07, 6.45) is 3.75. The van der Waals surface area contributed by atoms with Crippen molar-refractivity contribution in [2.75, 3.05) is 19.7 Å². The number of nitrogens with one attached hydrogen (secondary N) is 1. The van der Waals surface area contributed by atoms with Crippen LogP contribution in [0.5, 0.6) is 5.75 Å². The maximum Gasteiger partial charge on any atom is 0.220 e. The van der Waals surface area contributed by atoms with Crippen molar-refractivity contribution in [3.63, 3.8) is 0 Å². The number of para-hydroxylation sites is 1. The first-order chi connectivity index (χ1) is 13.2. The molecule has 1 aliphatic rings. The maximum atomic E-state index is 12.2. The van der Waals surface area contributed by atoms with Crippen LogP contribution in [0.1, 0.15) is 36.8 Å². The molecule has 0 aromatic heterocycles. The highest BCUT2D eigenvalue weighted by Crippen LogP contribution is 2.23. The van der Waals surface area contributed by atoms with Crippen LogP contribution in [0.25, 0.3) is 0 Å². The predicted octanol–water partition coefficient (Wildman–Crippen LogP) is 4.52. The largest absolute Gasteiger partial charge is 0.492 e. The molecular formula is C22H27BrN2O2. The molecule has 0 bridgehead atoms. The average Bonchev–Trinajstić information content (AvgIpc) is 3.19. The molecule has 0 spiro atoms. The van der Waals surface area contributed by atoms with Gasteiger partial charge in [-0.2, -0.15) is 0 Å². The Morgan fingerprint density at radius 3 is 2.52 bits per heavy atom. The number of halogens is 1. The SMILES string of the molecule is O=C(CCCOc1ccccc1Br)NCc1ccccc1CN1CCCC1. The Morgan fingerprint density at radius 2 is 1.74 bits per heavy atom. The molecule has 5 heteroatoms. The van der Waals surface area contributed by atoms with Gasteiger partial charge in [0.15, 0.2) is 0 Å². The highest BCUT2D eigenvalue weighted by Gasteiger charge is 2.13. The number of carbonyl (C=O) groups excluding carboxylic acids is 1. The van der Waals surface area contributed by atoms with Crippen LogP contribution in [0.15, 0.2) is 53.0 Å². The van der Waals surface area contributed by atoms with Gasteiger partial charge in [0.1, 0.15) is 5.75 Å². The van der Waals surface area contributed by atoms with Gasteiger partial charge in [-0.15, -0.1) is 0 Å². The highest BCUT2D eigenvalue weighted by atomic mass is 79.9. The Morgan fingerprint density at radius 1 is 1.04 bits per heavy atom. The fourth-order valence-corrected chi connectivity index (χ4v) is 3.72. The third-order valence-electron chi connectivity index (χ3n) is 4.83. The van der Waals surface area contributed by atoms with Gasteiger partial charge in [-0.1, -0.05) is 36.4 Å². The second-order valence-electron chi connectivity index (χ2n) is 6.91. The van der Waals surface area contributed by atoms with Crippen LogP contribution in [0.3, 0.4) is 0 Å². The van der Waals surface area contributed by atoms with Crippen LogP contribution in [0, 0.1) is 0 Å². The number of hydrogen-bond donors (Lipinski definition) is 1. The quantitative estimate of drug-likeness (QED) is 0.594. The molecule has 0 aliphatic carbocycles. The molecule has 2 aromatic carbocycles. The van der Waals surface area contributed by atoms with Gasteiger partial charge in [-0.05, 0) is 71.5 Å². The van der Waals surface area contributed by atoms with Gasteiger partial charge in [0.05, 0.1) is 11.1 Å². The fourth-order valence-electron chi connectivity index (χ4n) is 3.32. The van der Waals surface area contributed by atoms with Crippen LogP contribution < -0.4 is 10.1 Å². The van der Waals surface area contributed by atoms with E-state index in [-0.39, 0.29) is 5.91 Å². The summed E-state index contributed by atoms with van der Waals surface area (Å²) in [5.41, 5.74) is 2.53. The Hall–Kier alpha value is -1.85. The molecule has 2 aromatic rings. The second kappa shape index (κ2) is 10.5. The van der Waals surface area contributed by atoms with Crippen molar-refractivity contribution < 1.29 is 9.53 Å². The first-order valence-corrected chi connectivity index (χ1v) is 10.4.